The van der Waals surface area contributed by atoms with Crippen LogP contribution in [0.5, 0.6) is 0 Å². The molecule has 1 aliphatic heterocycles. The summed E-state index contributed by atoms with van der Waals surface area (Å²) in [6.45, 7) is 2.88. The van der Waals surface area contributed by atoms with Gasteiger partial charge in [-0.25, -0.2) is 4.39 Å². The lowest BCUT2D eigenvalue weighted by molar-refractivity contribution is 0.102. The number of nitrogens with zero attached hydrogens (tertiary/aromatic N) is 1. The summed E-state index contributed by atoms with van der Waals surface area (Å²) in [5.41, 5.74) is 1.91. The van der Waals surface area contributed by atoms with Gasteiger partial charge in [0.2, 0.25) is 0 Å². The number of carbonyl (C=O) groups is 1. The Morgan fingerprint density at radius 1 is 1.17 bits per heavy atom. The van der Waals surface area contributed by atoms with E-state index >= 15 is 0 Å². The van der Waals surface area contributed by atoms with Crippen LogP contribution in [0.1, 0.15) is 10.4 Å². The number of para-hydroxylation sites is 2. The van der Waals surface area contributed by atoms with Gasteiger partial charge >= 0.3 is 0 Å². The van der Waals surface area contributed by atoms with E-state index in [-0.39, 0.29) is 11.5 Å². The zero-order chi connectivity index (χ0) is 16.2. The van der Waals surface area contributed by atoms with E-state index < -0.39 is 5.82 Å². The molecule has 0 atom stereocenters. The molecule has 0 radical (unpaired) electrons. The van der Waals surface area contributed by atoms with Crippen molar-refractivity contribution in [3.63, 3.8) is 0 Å². The first kappa shape index (κ1) is 16.0. The molecule has 0 aliphatic carbocycles. The van der Waals surface area contributed by atoms with Crippen molar-refractivity contribution in [3.05, 3.63) is 58.3 Å². The Morgan fingerprint density at radius 2 is 1.91 bits per heavy atom. The van der Waals surface area contributed by atoms with Crippen LogP contribution in [0.4, 0.5) is 15.8 Å². The number of anilines is 2. The maximum atomic E-state index is 13.4. The van der Waals surface area contributed by atoms with E-state index in [1.54, 1.807) is 0 Å². The standard InChI is InChI=1S/C17H16BrFN2O2/c18-14-6-5-12(19)11-13(14)17(22)20-15-3-1-2-4-16(15)21-7-9-23-10-8-21/h1-6,11H,7-10H2,(H,20,22). The molecular weight excluding hydrogens is 363 g/mol. The lowest BCUT2D eigenvalue weighted by Crippen LogP contribution is -2.36. The van der Waals surface area contributed by atoms with Crippen LogP contribution in [0.15, 0.2) is 46.9 Å². The number of hydrogen-bond acceptors (Lipinski definition) is 3. The van der Waals surface area contributed by atoms with Crippen molar-refractivity contribution in [3.8, 4) is 0 Å². The van der Waals surface area contributed by atoms with Crippen molar-refractivity contribution in [2.45, 2.75) is 0 Å². The second kappa shape index (κ2) is 7.10. The molecule has 1 fully saturated rings. The molecule has 0 bridgehead atoms. The van der Waals surface area contributed by atoms with E-state index in [0.29, 0.717) is 23.4 Å². The minimum absolute atomic E-state index is 0.266. The van der Waals surface area contributed by atoms with Crippen molar-refractivity contribution in [1.82, 2.24) is 0 Å². The van der Waals surface area contributed by atoms with E-state index in [1.807, 2.05) is 24.3 Å². The zero-order valence-electron chi connectivity index (χ0n) is 12.4. The van der Waals surface area contributed by atoms with E-state index in [1.165, 1.54) is 18.2 Å². The van der Waals surface area contributed by atoms with Gasteiger partial charge in [-0.15, -0.1) is 0 Å². The molecule has 1 aliphatic rings. The van der Waals surface area contributed by atoms with Crippen LogP contribution in [0.3, 0.4) is 0 Å². The number of halogens is 2. The quantitative estimate of drug-likeness (QED) is 0.885. The van der Waals surface area contributed by atoms with Gasteiger partial charge in [0, 0.05) is 17.6 Å². The minimum atomic E-state index is -0.445. The van der Waals surface area contributed by atoms with Crippen molar-refractivity contribution in [2.75, 3.05) is 36.5 Å². The summed E-state index contributed by atoms with van der Waals surface area (Å²) in [6, 6.07) is 11.6. The fraction of sp³-hybridized carbons (Fsp3) is 0.235. The summed E-state index contributed by atoms with van der Waals surface area (Å²) >= 11 is 3.29. The molecular formula is C17H16BrFN2O2. The molecule has 120 valence electrons. The second-order valence-corrected chi connectivity index (χ2v) is 6.05. The Morgan fingerprint density at radius 3 is 2.70 bits per heavy atom. The van der Waals surface area contributed by atoms with E-state index in [4.69, 9.17) is 4.74 Å². The average Bonchev–Trinajstić information content (AvgIpc) is 2.58. The lowest BCUT2D eigenvalue weighted by atomic mass is 10.2. The zero-order valence-corrected chi connectivity index (χ0v) is 14.0. The average molecular weight is 379 g/mol. The van der Waals surface area contributed by atoms with Crippen molar-refractivity contribution < 1.29 is 13.9 Å². The SMILES string of the molecule is O=C(Nc1ccccc1N1CCOCC1)c1cc(F)ccc1Br. The Kier molecular flexibility index (Phi) is 4.93. The normalized spacial score (nSPS) is 14.6. The van der Waals surface area contributed by atoms with Crippen LogP contribution in [0, 0.1) is 5.82 Å². The number of hydrogen-bond donors (Lipinski definition) is 1. The van der Waals surface area contributed by atoms with Crippen LogP contribution in [-0.2, 0) is 4.74 Å². The summed E-state index contributed by atoms with van der Waals surface area (Å²) in [5, 5.41) is 2.87. The third kappa shape index (κ3) is 3.71. The Labute approximate surface area is 142 Å². The van der Waals surface area contributed by atoms with Gasteiger partial charge in [-0.05, 0) is 46.3 Å². The fourth-order valence-corrected chi connectivity index (χ4v) is 2.95. The summed E-state index contributed by atoms with van der Waals surface area (Å²) in [4.78, 5) is 14.6. The van der Waals surface area contributed by atoms with E-state index in [2.05, 4.69) is 26.1 Å². The number of ether oxygens (including phenoxy) is 1. The molecule has 0 aromatic heterocycles. The molecule has 0 spiro atoms. The van der Waals surface area contributed by atoms with Gasteiger partial charge in [0.25, 0.3) is 5.91 Å². The summed E-state index contributed by atoms with van der Waals surface area (Å²) in [6.07, 6.45) is 0. The molecule has 0 saturated carbocycles. The maximum Gasteiger partial charge on any atom is 0.256 e. The summed E-state index contributed by atoms with van der Waals surface area (Å²) in [5.74, 6) is -0.795. The molecule has 2 aromatic carbocycles. The van der Waals surface area contributed by atoms with Gasteiger partial charge in [-0.1, -0.05) is 12.1 Å². The first-order valence-corrected chi connectivity index (χ1v) is 8.12. The summed E-state index contributed by atoms with van der Waals surface area (Å²) < 4.78 is 19.3. The van der Waals surface area contributed by atoms with Gasteiger partial charge in [-0.3, -0.25) is 4.79 Å². The number of nitrogens with one attached hydrogen (secondary N) is 1. The van der Waals surface area contributed by atoms with E-state index in [9.17, 15) is 9.18 Å². The van der Waals surface area contributed by atoms with Crippen LogP contribution in [-0.4, -0.2) is 32.2 Å². The molecule has 1 heterocycles. The van der Waals surface area contributed by atoms with Crippen LogP contribution >= 0.6 is 15.9 Å². The van der Waals surface area contributed by atoms with E-state index in [0.717, 1.165) is 18.8 Å². The highest BCUT2D eigenvalue weighted by atomic mass is 79.9. The smallest absolute Gasteiger partial charge is 0.256 e. The Hall–Kier alpha value is -1.92. The molecule has 1 saturated heterocycles. The molecule has 2 aromatic rings. The Balaban J connectivity index is 1.85. The highest BCUT2D eigenvalue weighted by molar-refractivity contribution is 9.10. The molecule has 1 amide bonds. The van der Waals surface area contributed by atoms with Gasteiger partial charge in [-0.2, -0.15) is 0 Å². The molecule has 6 heteroatoms. The second-order valence-electron chi connectivity index (χ2n) is 5.19. The maximum absolute atomic E-state index is 13.4. The van der Waals surface area contributed by atoms with Crippen LogP contribution in [0.25, 0.3) is 0 Å². The monoisotopic (exact) mass is 378 g/mol. The topological polar surface area (TPSA) is 41.6 Å². The largest absolute Gasteiger partial charge is 0.378 e. The highest BCUT2D eigenvalue weighted by Gasteiger charge is 2.17. The number of carbonyl (C=O) groups excluding carboxylic acids is 1. The third-order valence-electron chi connectivity index (χ3n) is 3.68. The third-order valence-corrected chi connectivity index (χ3v) is 4.37. The number of rotatable bonds is 3. The Bertz CT molecular complexity index is 717. The lowest BCUT2D eigenvalue weighted by Gasteiger charge is -2.30. The molecule has 4 nitrogen and oxygen atoms in total. The van der Waals surface area contributed by atoms with Gasteiger partial charge < -0.3 is 15.0 Å². The van der Waals surface area contributed by atoms with Crippen molar-refractivity contribution in [1.29, 1.82) is 0 Å². The van der Waals surface area contributed by atoms with Crippen LogP contribution < -0.4 is 10.2 Å². The van der Waals surface area contributed by atoms with Crippen molar-refractivity contribution in [2.24, 2.45) is 0 Å². The van der Waals surface area contributed by atoms with Gasteiger partial charge in [0.05, 0.1) is 30.2 Å². The van der Waals surface area contributed by atoms with Crippen LogP contribution in [0.2, 0.25) is 0 Å². The summed E-state index contributed by atoms with van der Waals surface area (Å²) in [7, 11) is 0. The molecule has 0 unspecified atom stereocenters. The fourth-order valence-electron chi connectivity index (χ4n) is 2.52. The first-order chi connectivity index (χ1) is 11.1. The predicted molar refractivity (Wildman–Crippen MR) is 91.5 cm³/mol. The molecule has 3 rings (SSSR count). The highest BCUT2D eigenvalue weighted by Crippen LogP contribution is 2.28. The molecule has 1 N–H and O–H groups in total. The minimum Gasteiger partial charge on any atom is -0.378 e. The van der Waals surface area contributed by atoms with Gasteiger partial charge in [0.15, 0.2) is 0 Å². The number of morpholine rings is 1. The number of amides is 1. The van der Waals surface area contributed by atoms with Crippen molar-refractivity contribution >= 4 is 33.2 Å². The van der Waals surface area contributed by atoms with Gasteiger partial charge in [0.1, 0.15) is 5.82 Å². The number of benzene rings is 2. The molecule has 23 heavy (non-hydrogen) atoms. The predicted octanol–water partition coefficient (Wildman–Crippen LogP) is 3.68. The first-order valence-electron chi connectivity index (χ1n) is 7.33.